The molecule has 0 bridgehead atoms. The molecule has 0 aliphatic rings. The number of hydrogen-bond donors (Lipinski definition) is 1. The molecule has 1 rings (SSSR count). The number of methoxy groups -OCH3 is 1. The lowest BCUT2D eigenvalue weighted by Gasteiger charge is -2.05. The van der Waals surface area contributed by atoms with Crippen LogP contribution >= 0.6 is 0 Å². The number of hydrogen-bond acceptors (Lipinski definition) is 4. The number of aromatic nitrogens is 2. The van der Waals surface area contributed by atoms with Crippen LogP contribution in [0.15, 0.2) is 12.4 Å². The average Bonchev–Trinajstić information content (AvgIpc) is 2.74. The Labute approximate surface area is 103 Å². The summed E-state index contributed by atoms with van der Waals surface area (Å²) >= 11 is 0. The van der Waals surface area contributed by atoms with Crippen molar-refractivity contribution in [3.63, 3.8) is 0 Å². The van der Waals surface area contributed by atoms with Crippen molar-refractivity contribution in [1.82, 2.24) is 15.1 Å². The monoisotopic (exact) mass is 241 g/mol. The summed E-state index contributed by atoms with van der Waals surface area (Å²) < 4.78 is 12.2. The van der Waals surface area contributed by atoms with Crippen molar-refractivity contribution in [3.05, 3.63) is 18.0 Å². The smallest absolute Gasteiger partial charge is 0.0701 e. The van der Waals surface area contributed by atoms with Gasteiger partial charge in [0.1, 0.15) is 0 Å². The second-order valence-electron chi connectivity index (χ2n) is 4.25. The van der Waals surface area contributed by atoms with E-state index in [9.17, 15) is 0 Å². The Morgan fingerprint density at radius 1 is 1.35 bits per heavy atom. The largest absolute Gasteiger partial charge is 0.382 e. The van der Waals surface area contributed by atoms with Crippen LogP contribution in [0.25, 0.3) is 0 Å². The van der Waals surface area contributed by atoms with Crippen LogP contribution in [0.4, 0.5) is 0 Å². The summed E-state index contributed by atoms with van der Waals surface area (Å²) in [6, 6.07) is 0.496. The third-order valence-corrected chi connectivity index (χ3v) is 2.30. The van der Waals surface area contributed by atoms with Crippen LogP contribution in [-0.2, 0) is 22.6 Å². The molecule has 1 aromatic heterocycles. The summed E-state index contributed by atoms with van der Waals surface area (Å²) in [5.41, 5.74) is 1.20. The van der Waals surface area contributed by atoms with Gasteiger partial charge in [0, 0.05) is 31.5 Å². The third kappa shape index (κ3) is 6.41. The Kier molecular flexibility index (Phi) is 6.84. The Bertz CT molecular complexity index is 300. The van der Waals surface area contributed by atoms with Gasteiger partial charge < -0.3 is 14.8 Å². The van der Waals surface area contributed by atoms with Crippen molar-refractivity contribution in [2.75, 3.05) is 26.9 Å². The van der Waals surface area contributed by atoms with Gasteiger partial charge in [0.05, 0.1) is 32.6 Å². The van der Waals surface area contributed by atoms with Crippen LogP contribution in [0, 0.1) is 0 Å². The molecule has 0 aliphatic heterocycles. The Hall–Kier alpha value is -0.910. The van der Waals surface area contributed by atoms with Gasteiger partial charge in [0.2, 0.25) is 0 Å². The van der Waals surface area contributed by atoms with E-state index in [1.807, 2.05) is 10.9 Å². The molecule has 0 fully saturated rings. The van der Waals surface area contributed by atoms with E-state index in [0.29, 0.717) is 25.9 Å². The molecule has 0 radical (unpaired) electrons. The molecular formula is C12H23N3O2. The van der Waals surface area contributed by atoms with E-state index in [1.165, 1.54) is 5.56 Å². The molecule has 0 amide bonds. The fraction of sp³-hybridized carbons (Fsp3) is 0.750. The van der Waals surface area contributed by atoms with Gasteiger partial charge in [-0.25, -0.2) is 0 Å². The van der Waals surface area contributed by atoms with Crippen LogP contribution in [0.2, 0.25) is 0 Å². The zero-order valence-electron chi connectivity index (χ0n) is 11.0. The molecule has 1 N–H and O–H groups in total. The molecule has 1 aromatic rings. The topological polar surface area (TPSA) is 48.3 Å². The second kappa shape index (κ2) is 8.22. The Morgan fingerprint density at radius 2 is 2.18 bits per heavy atom. The lowest BCUT2D eigenvalue weighted by molar-refractivity contribution is 0.0654. The zero-order valence-corrected chi connectivity index (χ0v) is 11.0. The molecule has 0 aliphatic carbocycles. The maximum Gasteiger partial charge on any atom is 0.0701 e. The summed E-state index contributed by atoms with van der Waals surface area (Å²) in [4.78, 5) is 0. The van der Waals surface area contributed by atoms with Gasteiger partial charge in [-0.2, -0.15) is 5.10 Å². The van der Waals surface area contributed by atoms with Crippen LogP contribution in [0.3, 0.4) is 0 Å². The summed E-state index contributed by atoms with van der Waals surface area (Å²) in [5.74, 6) is 0. The van der Waals surface area contributed by atoms with Crippen LogP contribution in [-0.4, -0.2) is 42.8 Å². The van der Waals surface area contributed by atoms with Gasteiger partial charge in [-0.1, -0.05) is 13.8 Å². The van der Waals surface area contributed by atoms with Crippen molar-refractivity contribution in [3.8, 4) is 0 Å². The molecule has 0 spiro atoms. The van der Waals surface area contributed by atoms with Gasteiger partial charge >= 0.3 is 0 Å². The maximum absolute atomic E-state index is 5.38. The Morgan fingerprint density at radius 3 is 2.88 bits per heavy atom. The molecular weight excluding hydrogens is 218 g/mol. The molecule has 0 saturated carbocycles. The molecule has 5 heteroatoms. The second-order valence-corrected chi connectivity index (χ2v) is 4.25. The molecule has 17 heavy (non-hydrogen) atoms. The highest BCUT2D eigenvalue weighted by Gasteiger charge is 1.99. The first-order chi connectivity index (χ1) is 8.22. The van der Waals surface area contributed by atoms with E-state index in [0.717, 1.165) is 13.1 Å². The quantitative estimate of drug-likeness (QED) is 0.656. The van der Waals surface area contributed by atoms with E-state index in [-0.39, 0.29) is 0 Å². The molecule has 0 saturated heterocycles. The van der Waals surface area contributed by atoms with Gasteiger partial charge in [-0.15, -0.1) is 0 Å². The van der Waals surface area contributed by atoms with Crippen LogP contribution < -0.4 is 5.32 Å². The minimum absolute atomic E-state index is 0.496. The molecule has 0 atom stereocenters. The predicted molar refractivity (Wildman–Crippen MR) is 66.9 cm³/mol. The molecule has 0 aromatic carbocycles. The highest BCUT2D eigenvalue weighted by Crippen LogP contribution is 1.98. The van der Waals surface area contributed by atoms with Crippen LogP contribution in [0.1, 0.15) is 19.4 Å². The molecule has 1 heterocycles. The van der Waals surface area contributed by atoms with Crippen molar-refractivity contribution in [2.24, 2.45) is 0 Å². The summed E-state index contributed by atoms with van der Waals surface area (Å²) in [6.07, 6.45) is 3.94. The van der Waals surface area contributed by atoms with Gasteiger partial charge in [-0.3, -0.25) is 4.68 Å². The highest BCUT2D eigenvalue weighted by molar-refractivity contribution is 5.03. The normalized spacial score (nSPS) is 11.3. The summed E-state index contributed by atoms with van der Waals surface area (Å²) in [5, 5.41) is 7.64. The molecule has 0 unspecified atom stereocenters. The van der Waals surface area contributed by atoms with E-state index in [4.69, 9.17) is 9.47 Å². The number of nitrogens with one attached hydrogen (secondary N) is 1. The van der Waals surface area contributed by atoms with E-state index in [2.05, 4.69) is 30.5 Å². The standard InChI is InChI=1S/C12H23N3O2/c1-11(2)13-8-12-9-14-15(10-12)4-5-17-7-6-16-3/h9-11,13H,4-8H2,1-3H3. The fourth-order valence-electron chi connectivity index (χ4n) is 1.34. The van der Waals surface area contributed by atoms with Crippen molar-refractivity contribution in [1.29, 1.82) is 0 Å². The predicted octanol–water partition coefficient (Wildman–Crippen LogP) is 1.04. The molecule has 98 valence electrons. The first-order valence-corrected chi connectivity index (χ1v) is 6.03. The highest BCUT2D eigenvalue weighted by atomic mass is 16.5. The van der Waals surface area contributed by atoms with Crippen molar-refractivity contribution in [2.45, 2.75) is 33.0 Å². The number of ether oxygens (including phenoxy) is 2. The third-order valence-electron chi connectivity index (χ3n) is 2.30. The van der Waals surface area contributed by atoms with E-state index < -0.39 is 0 Å². The lowest BCUT2D eigenvalue weighted by atomic mass is 10.3. The summed E-state index contributed by atoms with van der Waals surface area (Å²) in [6.45, 7) is 7.86. The lowest BCUT2D eigenvalue weighted by Crippen LogP contribution is -2.21. The SMILES string of the molecule is COCCOCCn1cc(CNC(C)C)cn1. The zero-order chi connectivity index (χ0) is 12.5. The summed E-state index contributed by atoms with van der Waals surface area (Å²) in [7, 11) is 1.67. The number of rotatable bonds is 9. The molecule has 5 nitrogen and oxygen atoms in total. The van der Waals surface area contributed by atoms with Crippen LogP contribution in [0.5, 0.6) is 0 Å². The van der Waals surface area contributed by atoms with Gasteiger partial charge in [0.15, 0.2) is 0 Å². The van der Waals surface area contributed by atoms with E-state index >= 15 is 0 Å². The van der Waals surface area contributed by atoms with Gasteiger partial charge in [0.25, 0.3) is 0 Å². The van der Waals surface area contributed by atoms with Crippen molar-refractivity contribution < 1.29 is 9.47 Å². The minimum atomic E-state index is 0.496. The minimum Gasteiger partial charge on any atom is -0.382 e. The number of nitrogens with zero attached hydrogens (tertiary/aromatic N) is 2. The first kappa shape index (κ1) is 14.2. The average molecular weight is 241 g/mol. The first-order valence-electron chi connectivity index (χ1n) is 6.03. The fourth-order valence-corrected chi connectivity index (χ4v) is 1.34. The van der Waals surface area contributed by atoms with E-state index in [1.54, 1.807) is 7.11 Å². The van der Waals surface area contributed by atoms with Crippen molar-refractivity contribution >= 4 is 0 Å². The Balaban J connectivity index is 2.17. The van der Waals surface area contributed by atoms with Gasteiger partial charge in [-0.05, 0) is 0 Å². The maximum atomic E-state index is 5.38.